The minimum atomic E-state index is -0.818. The van der Waals surface area contributed by atoms with Crippen molar-refractivity contribution >= 4 is 11.9 Å². The number of carbonyl (C=O) groups excluding carboxylic acids is 1. The van der Waals surface area contributed by atoms with Crippen molar-refractivity contribution in [2.75, 3.05) is 0 Å². The minimum absolute atomic E-state index is 0.106. The largest absolute Gasteiger partial charge is 0.481 e. The number of esters is 1. The first-order valence-corrected chi connectivity index (χ1v) is 5.39. The molecule has 0 aromatic heterocycles. The molecule has 1 N–H and O–H groups in total. The normalized spacial score (nSPS) is 12.5. The van der Waals surface area contributed by atoms with E-state index in [0.29, 0.717) is 19.3 Å². The average molecular weight is 216 g/mol. The lowest BCUT2D eigenvalue weighted by Crippen LogP contribution is -2.20. The molecule has 4 nitrogen and oxygen atoms in total. The summed E-state index contributed by atoms with van der Waals surface area (Å²) < 4.78 is 5.07. The lowest BCUT2D eigenvalue weighted by molar-refractivity contribution is -0.153. The Morgan fingerprint density at radius 2 is 1.93 bits per heavy atom. The van der Waals surface area contributed by atoms with E-state index in [4.69, 9.17) is 9.84 Å². The van der Waals surface area contributed by atoms with Gasteiger partial charge in [-0.1, -0.05) is 6.92 Å². The van der Waals surface area contributed by atoms with Gasteiger partial charge in [-0.05, 0) is 33.1 Å². The first-order chi connectivity index (χ1) is 6.97. The van der Waals surface area contributed by atoms with Crippen LogP contribution >= 0.6 is 0 Å². The van der Waals surface area contributed by atoms with Gasteiger partial charge in [0.25, 0.3) is 0 Å². The summed E-state index contributed by atoms with van der Waals surface area (Å²) in [6, 6.07) is 0. The summed E-state index contributed by atoms with van der Waals surface area (Å²) in [5, 5.41) is 8.47. The van der Waals surface area contributed by atoms with Crippen LogP contribution in [0, 0.1) is 5.92 Å². The van der Waals surface area contributed by atoms with Gasteiger partial charge in [-0.3, -0.25) is 9.59 Å². The van der Waals surface area contributed by atoms with Crippen LogP contribution in [0.2, 0.25) is 0 Å². The van der Waals surface area contributed by atoms with Crippen LogP contribution in [0.15, 0.2) is 0 Å². The fourth-order valence-corrected chi connectivity index (χ4v) is 1.32. The summed E-state index contributed by atoms with van der Waals surface area (Å²) >= 11 is 0. The maximum Gasteiger partial charge on any atom is 0.309 e. The van der Waals surface area contributed by atoms with Crippen LogP contribution in [0.3, 0.4) is 0 Å². The van der Waals surface area contributed by atoms with Gasteiger partial charge in [0.1, 0.15) is 0 Å². The number of hydrogen-bond acceptors (Lipinski definition) is 3. The molecular weight excluding hydrogens is 196 g/mol. The van der Waals surface area contributed by atoms with Crippen molar-refractivity contribution in [1.82, 2.24) is 0 Å². The van der Waals surface area contributed by atoms with Gasteiger partial charge in [0.15, 0.2) is 0 Å². The Kier molecular flexibility index (Phi) is 6.75. The second kappa shape index (κ2) is 7.26. The number of carbonyl (C=O) groups is 2. The molecule has 0 amide bonds. The summed E-state index contributed by atoms with van der Waals surface area (Å²) in [7, 11) is 0. The van der Waals surface area contributed by atoms with Crippen LogP contribution in [-0.4, -0.2) is 23.1 Å². The first kappa shape index (κ1) is 13.9. The van der Waals surface area contributed by atoms with Gasteiger partial charge in [0.05, 0.1) is 12.0 Å². The highest BCUT2D eigenvalue weighted by atomic mass is 16.5. The zero-order chi connectivity index (χ0) is 11.8. The van der Waals surface area contributed by atoms with E-state index < -0.39 is 5.97 Å². The van der Waals surface area contributed by atoms with Crippen LogP contribution in [0.25, 0.3) is 0 Å². The van der Waals surface area contributed by atoms with Gasteiger partial charge in [-0.15, -0.1) is 0 Å². The fourth-order valence-electron chi connectivity index (χ4n) is 1.32. The Morgan fingerprint density at radius 3 is 2.33 bits per heavy atom. The number of rotatable bonds is 7. The number of ether oxygens (including phenoxy) is 1. The Hall–Kier alpha value is -1.06. The Balaban J connectivity index is 3.90. The average Bonchev–Trinajstić information content (AvgIpc) is 2.10. The quantitative estimate of drug-likeness (QED) is 0.663. The van der Waals surface area contributed by atoms with Gasteiger partial charge in [-0.2, -0.15) is 0 Å². The Bertz CT molecular complexity index is 211. The Morgan fingerprint density at radius 1 is 1.33 bits per heavy atom. The van der Waals surface area contributed by atoms with Crippen LogP contribution in [0.4, 0.5) is 0 Å². The molecule has 0 saturated heterocycles. The maximum atomic E-state index is 11.5. The third-order valence-electron chi connectivity index (χ3n) is 2.12. The molecule has 15 heavy (non-hydrogen) atoms. The summed E-state index contributed by atoms with van der Waals surface area (Å²) in [5.74, 6) is -1.19. The summed E-state index contributed by atoms with van der Waals surface area (Å²) in [6.45, 7) is 5.52. The first-order valence-electron chi connectivity index (χ1n) is 5.39. The lowest BCUT2D eigenvalue weighted by atomic mass is 9.99. The molecule has 0 bridgehead atoms. The van der Waals surface area contributed by atoms with Crippen molar-refractivity contribution in [2.24, 2.45) is 5.92 Å². The fraction of sp³-hybridized carbons (Fsp3) is 0.818. The maximum absolute atomic E-state index is 11.5. The highest BCUT2D eigenvalue weighted by Gasteiger charge is 2.18. The molecule has 88 valence electrons. The van der Waals surface area contributed by atoms with E-state index in [1.165, 1.54) is 0 Å². The van der Waals surface area contributed by atoms with E-state index >= 15 is 0 Å². The van der Waals surface area contributed by atoms with Crippen molar-refractivity contribution in [3.63, 3.8) is 0 Å². The molecule has 0 aliphatic heterocycles. The van der Waals surface area contributed by atoms with Crippen molar-refractivity contribution < 1.29 is 19.4 Å². The molecule has 0 saturated carbocycles. The van der Waals surface area contributed by atoms with Crippen LogP contribution in [0.1, 0.15) is 46.5 Å². The van der Waals surface area contributed by atoms with Gasteiger partial charge in [-0.25, -0.2) is 0 Å². The predicted molar refractivity (Wildman–Crippen MR) is 56.5 cm³/mol. The molecule has 1 unspecified atom stereocenters. The van der Waals surface area contributed by atoms with Crippen LogP contribution < -0.4 is 0 Å². The number of aliphatic carboxylic acids is 1. The van der Waals surface area contributed by atoms with E-state index in [9.17, 15) is 9.59 Å². The molecule has 0 aromatic carbocycles. The van der Waals surface area contributed by atoms with E-state index in [0.717, 1.165) is 0 Å². The second-order valence-corrected chi connectivity index (χ2v) is 3.88. The van der Waals surface area contributed by atoms with Crippen LogP contribution in [-0.2, 0) is 14.3 Å². The molecule has 0 rings (SSSR count). The number of carboxylic acids is 1. The molecule has 0 radical (unpaired) electrons. The highest BCUT2D eigenvalue weighted by molar-refractivity contribution is 5.72. The molecule has 0 aliphatic carbocycles. The van der Waals surface area contributed by atoms with E-state index in [1.807, 2.05) is 20.8 Å². The molecule has 0 heterocycles. The van der Waals surface area contributed by atoms with Crippen molar-refractivity contribution in [3.05, 3.63) is 0 Å². The van der Waals surface area contributed by atoms with Crippen LogP contribution in [0.5, 0.6) is 0 Å². The minimum Gasteiger partial charge on any atom is -0.481 e. The molecular formula is C11H20O4. The summed E-state index contributed by atoms with van der Waals surface area (Å²) in [5.41, 5.74) is 0. The van der Waals surface area contributed by atoms with Gasteiger partial charge >= 0.3 is 11.9 Å². The zero-order valence-electron chi connectivity index (χ0n) is 9.66. The van der Waals surface area contributed by atoms with Crippen molar-refractivity contribution in [2.45, 2.75) is 52.6 Å². The molecule has 0 spiro atoms. The summed E-state index contributed by atoms with van der Waals surface area (Å²) in [4.78, 5) is 21.8. The van der Waals surface area contributed by atoms with Crippen molar-refractivity contribution in [1.29, 1.82) is 0 Å². The van der Waals surface area contributed by atoms with E-state index in [1.54, 1.807) is 0 Å². The molecule has 0 aromatic rings. The monoisotopic (exact) mass is 216 g/mol. The van der Waals surface area contributed by atoms with E-state index in [2.05, 4.69) is 0 Å². The van der Waals surface area contributed by atoms with E-state index in [-0.39, 0.29) is 24.4 Å². The lowest BCUT2D eigenvalue weighted by Gasteiger charge is -2.15. The van der Waals surface area contributed by atoms with Gasteiger partial charge in [0.2, 0.25) is 0 Å². The summed E-state index contributed by atoms with van der Waals surface area (Å²) in [6.07, 6.45) is 1.83. The van der Waals surface area contributed by atoms with Crippen molar-refractivity contribution in [3.8, 4) is 0 Å². The SMILES string of the molecule is CCC(CCCC(=O)O)C(=O)OC(C)C. The molecule has 1 atom stereocenters. The van der Waals surface area contributed by atoms with Gasteiger partial charge in [0, 0.05) is 6.42 Å². The third-order valence-corrected chi connectivity index (χ3v) is 2.12. The molecule has 0 fully saturated rings. The molecule has 4 heteroatoms. The smallest absolute Gasteiger partial charge is 0.309 e. The second-order valence-electron chi connectivity index (χ2n) is 3.88. The zero-order valence-corrected chi connectivity index (χ0v) is 9.66. The topological polar surface area (TPSA) is 63.6 Å². The standard InChI is InChI=1S/C11H20O4/c1-4-9(6-5-7-10(12)13)11(14)15-8(2)3/h8-9H,4-7H2,1-3H3,(H,12,13). The Labute approximate surface area is 90.6 Å². The van der Waals surface area contributed by atoms with Gasteiger partial charge < -0.3 is 9.84 Å². The number of carboxylic acid groups (broad SMARTS) is 1. The molecule has 0 aliphatic rings. The third kappa shape index (κ3) is 6.94. The number of hydrogen-bond donors (Lipinski definition) is 1. The highest BCUT2D eigenvalue weighted by Crippen LogP contribution is 2.15. The predicted octanol–water partition coefficient (Wildman–Crippen LogP) is 2.22.